The van der Waals surface area contributed by atoms with Gasteiger partial charge in [-0.25, -0.2) is 9.59 Å². The van der Waals surface area contributed by atoms with Gasteiger partial charge in [-0.05, 0) is 12.2 Å². The maximum absolute atomic E-state index is 11.3. The van der Waals surface area contributed by atoms with Crippen molar-refractivity contribution in [3.8, 4) is 0 Å². The summed E-state index contributed by atoms with van der Waals surface area (Å²) in [6, 6.07) is 0. The summed E-state index contributed by atoms with van der Waals surface area (Å²) in [6.45, 7) is 4.46. The molecule has 0 aliphatic carbocycles. The molecule has 0 aromatic carbocycles. The van der Waals surface area contributed by atoms with Crippen LogP contribution in [0.3, 0.4) is 0 Å². The summed E-state index contributed by atoms with van der Waals surface area (Å²) in [4.78, 5) is 22.1. The number of nitrogens with one attached hydrogen (secondary N) is 1. The van der Waals surface area contributed by atoms with E-state index in [0.717, 1.165) is 6.08 Å². The van der Waals surface area contributed by atoms with Gasteiger partial charge in [0.05, 0.1) is 19.8 Å². The van der Waals surface area contributed by atoms with Gasteiger partial charge in [0.15, 0.2) is 6.10 Å². The van der Waals surface area contributed by atoms with E-state index in [9.17, 15) is 9.59 Å². The lowest BCUT2D eigenvalue weighted by Gasteiger charge is -2.21. The highest BCUT2D eigenvalue weighted by Crippen LogP contribution is 2.03. The summed E-state index contributed by atoms with van der Waals surface area (Å²) in [5, 5.41) is 2.81. The number of ether oxygens (including phenoxy) is 6. The van der Waals surface area contributed by atoms with Crippen LogP contribution in [0.1, 0.15) is 0 Å². The lowest BCUT2D eigenvalue weighted by molar-refractivity contribution is -0.157. The Morgan fingerprint density at radius 2 is 1.87 bits per heavy atom. The predicted molar refractivity (Wildman–Crippen MR) is 80.7 cm³/mol. The van der Waals surface area contributed by atoms with Gasteiger partial charge in [0.1, 0.15) is 26.6 Å². The van der Waals surface area contributed by atoms with Gasteiger partial charge in [-0.1, -0.05) is 6.58 Å². The first kappa shape index (κ1) is 19.1. The second-order valence-corrected chi connectivity index (χ2v) is 4.50. The topological polar surface area (TPSA) is 102 Å². The van der Waals surface area contributed by atoms with E-state index in [2.05, 4.69) is 11.9 Å². The van der Waals surface area contributed by atoms with Crippen molar-refractivity contribution in [1.29, 1.82) is 0 Å². The molecule has 0 bridgehead atoms. The zero-order chi connectivity index (χ0) is 16.9. The fraction of sp³-hybridized carbons (Fsp3) is 0.615. The first-order valence-electron chi connectivity index (χ1n) is 6.80. The highest BCUT2D eigenvalue weighted by Gasteiger charge is 2.19. The molecule has 1 heterocycles. The fourth-order valence-corrected chi connectivity index (χ4v) is 1.56. The molecule has 0 spiro atoms. The number of carbonyl (C=O) groups is 2. The van der Waals surface area contributed by atoms with Crippen molar-refractivity contribution in [1.82, 2.24) is 5.32 Å². The Morgan fingerprint density at radius 3 is 2.57 bits per heavy atom. The van der Waals surface area contributed by atoms with Crippen molar-refractivity contribution >= 4 is 29.5 Å². The molecule has 1 N–H and O–H groups in total. The average Bonchev–Trinajstić information content (AvgIpc) is 2.56. The van der Waals surface area contributed by atoms with Crippen LogP contribution in [0.2, 0.25) is 0 Å². The SMILES string of the molecule is C=CC(=O)OCCNC(=S)OCCOC(=O)OC1COCOC1. The highest BCUT2D eigenvalue weighted by molar-refractivity contribution is 7.80. The van der Waals surface area contributed by atoms with Crippen molar-refractivity contribution in [2.24, 2.45) is 0 Å². The van der Waals surface area contributed by atoms with E-state index in [1.54, 1.807) is 0 Å². The number of esters is 1. The molecule has 130 valence electrons. The summed E-state index contributed by atoms with van der Waals surface area (Å²) in [6.07, 6.45) is -0.238. The van der Waals surface area contributed by atoms with Crippen molar-refractivity contribution in [3.63, 3.8) is 0 Å². The van der Waals surface area contributed by atoms with Crippen molar-refractivity contribution < 1.29 is 38.0 Å². The number of rotatable bonds is 8. The van der Waals surface area contributed by atoms with Crippen molar-refractivity contribution in [2.75, 3.05) is 46.4 Å². The smallest absolute Gasteiger partial charge is 0.467 e. The quantitative estimate of drug-likeness (QED) is 0.282. The highest BCUT2D eigenvalue weighted by atomic mass is 32.1. The fourth-order valence-electron chi connectivity index (χ4n) is 1.38. The van der Waals surface area contributed by atoms with Crippen LogP contribution >= 0.6 is 12.2 Å². The third-order valence-electron chi connectivity index (χ3n) is 2.36. The largest absolute Gasteiger partial charge is 0.508 e. The molecule has 1 saturated heterocycles. The van der Waals surface area contributed by atoms with Crippen LogP contribution in [0.15, 0.2) is 12.7 Å². The van der Waals surface area contributed by atoms with Crippen molar-refractivity contribution in [3.05, 3.63) is 12.7 Å². The Morgan fingerprint density at radius 1 is 1.17 bits per heavy atom. The van der Waals surface area contributed by atoms with Crippen LogP contribution in [0.4, 0.5) is 4.79 Å². The average molecular weight is 349 g/mol. The van der Waals surface area contributed by atoms with E-state index < -0.39 is 18.2 Å². The zero-order valence-corrected chi connectivity index (χ0v) is 13.3. The molecule has 1 aliphatic rings. The molecule has 0 radical (unpaired) electrons. The van der Waals surface area contributed by atoms with E-state index in [1.165, 1.54) is 0 Å². The molecule has 0 saturated carbocycles. The number of thiocarbonyl (C=S) groups is 1. The zero-order valence-electron chi connectivity index (χ0n) is 12.5. The Hall–Kier alpha value is -1.91. The summed E-state index contributed by atoms with van der Waals surface area (Å²) in [5.74, 6) is -0.515. The summed E-state index contributed by atoms with van der Waals surface area (Å²) in [5.41, 5.74) is 0. The minimum Gasteiger partial charge on any atom is -0.467 e. The normalized spacial score (nSPS) is 14.4. The summed E-state index contributed by atoms with van der Waals surface area (Å²) >= 11 is 4.87. The van der Waals surface area contributed by atoms with Gasteiger partial charge < -0.3 is 33.7 Å². The molecule has 23 heavy (non-hydrogen) atoms. The second kappa shape index (κ2) is 11.6. The number of hydrogen-bond acceptors (Lipinski definition) is 9. The molecule has 0 aromatic heterocycles. The summed E-state index contributed by atoms with van der Waals surface area (Å²) < 4.78 is 29.5. The molecule has 1 rings (SSSR count). The van der Waals surface area contributed by atoms with Gasteiger partial charge in [-0.3, -0.25) is 0 Å². The first-order valence-corrected chi connectivity index (χ1v) is 7.21. The maximum atomic E-state index is 11.3. The Bertz CT molecular complexity index is 411. The summed E-state index contributed by atoms with van der Waals surface area (Å²) in [7, 11) is 0. The lowest BCUT2D eigenvalue weighted by Crippen LogP contribution is -2.34. The van der Waals surface area contributed by atoms with Crippen LogP contribution in [0.25, 0.3) is 0 Å². The van der Waals surface area contributed by atoms with Gasteiger partial charge in [-0.15, -0.1) is 0 Å². The van der Waals surface area contributed by atoms with Crippen LogP contribution in [0.5, 0.6) is 0 Å². The van der Waals surface area contributed by atoms with Gasteiger partial charge in [-0.2, -0.15) is 0 Å². The molecule has 0 amide bonds. The molecular weight excluding hydrogens is 330 g/mol. The standard InChI is InChI=1S/C13H19NO8S/c1-2-11(15)19-4-3-14-12(23)20-5-6-21-13(16)22-10-7-17-9-18-8-10/h2,10H,1,3-9H2,(H,14,23). The molecule has 1 aliphatic heterocycles. The van der Waals surface area contributed by atoms with Gasteiger partial charge >= 0.3 is 12.1 Å². The van der Waals surface area contributed by atoms with E-state index in [1.807, 2.05) is 0 Å². The van der Waals surface area contributed by atoms with Crippen LogP contribution in [-0.4, -0.2) is 69.8 Å². The van der Waals surface area contributed by atoms with Crippen LogP contribution in [0, 0.1) is 0 Å². The lowest BCUT2D eigenvalue weighted by atomic mass is 10.4. The monoisotopic (exact) mass is 349 g/mol. The van der Waals surface area contributed by atoms with Crippen LogP contribution in [-0.2, 0) is 33.2 Å². The molecule has 0 unspecified atom stereocenters. The van der Waals surface area contributed by atoms with Crippen LogP contribution < -0.4 is 5.32 Å². The molecule has 0 atom stereocenters. The first-order chi connectivity index (χ1) is 11.1. The molecular formula is C13H19NO8S. The Balaban J connectivity index is 1.96. The maximum Gasteiger partial charge on any atom is 0.508 e. The molecule has 9 nitrogen and oxygen atoms in total. The molecule has 0 aromatic rings. The third-order valence-corrected chi connectivity index (χ3v) is 2.62. The second-order valence-electron chi connectivity index (χ2n) is 4.13. The predicted octanol–water partition coefficient (Wildman–Crippen LogP) is 0.133. The van der Waals surface area contributed by atoms with Gasteiger partial charge in [0, 0.05) is 6.08 Å². The minimum absolute atomic E-state index is 0.0272. The van der Waals surface area contributed by atoms with E-state index in [-0.39, 0.29) is 45.0 Å². The van der Waals surface area contributed by atoms with E-state index in [0.29, 0.717) is 6.54 Å². The molecule has 1 fully saturated rings. The minimum atomic E-state index is -0.831. The van der Waals surface area contributed by atoms with Crippen molar-refractivity contribution in [2.45, 2.75) is 6.10 Å². The van der Waals surface area contributed by atoms with E-state index in [4.69, 9.17) is 40.6 Å². The molecule has 10 heteroatoms. The number of carbonyl (C=O) groups excluding carboxylic acids is 2. The third kappa shape index (κ3) is 9.66. The van der Waals surface area contributed by atoms with E-state index >= 15 is 0 Å². The Labute approximate surface area is 138 Å². The Kier molecular flexibility index (Phi) is 9.68. The number of hydrogen-bond donors (Lipinski definition) is 1. The van der Waals surface area contributed by atoms with Gasteiger partial charge in [0.2, 0.25) is 0 Å². The van der Waals surface area contributed by atoms with Gasteiger partial charge in [0.25, 0.3) is 5.17 Å².